The molecule has 0 radical (unpaired) electrons. The van der Waals surface area contributed by atoms with Gasteiger partial charge in [-0.2, -0.15) is 0 Å². The fourth-order valence-corrected chi connectivity index (χ4v) is 4.44. The lowest BCUT2D eigenvalue weighted by Crippen LogP contribution is -2.26. The average Bonchev–Trinajstić information content (AvgIpc) is 3.20. The molecule has 1 N–H and O–H groups in total. The Morgan fingerprint density at radius 1 is 0.951 bits per heavy atom. The molecule has 220 valence electrons. The van der Waals surface area contributed by atoms with E-state index in [0.29, 0.717) is 35.7 Å². The number of rotatable bonds is 7. The number of methoxy groups -OCH3 is 3. The number of fused-ring (bicyclic) bond motifs is 3. The Kier molecular flexibility index (Phi) is 12.8. The second kappa shape index (κ2) is 16.0. The van der Waals surface area contributed by atoms with Gasteiger partial charge in [0.15, 0.2) is 17.2 Å². The van der Waals surface area contributed by atoms with Crippen molar-refractivity contribution in [3.63, 3.8) is 0 Å². The number of aromatic nitrogens is 1. The third-order valence-corrected chi connectivity index (χ3v) is 6.00. The lowest BCUT2D eigenvalue weighted by molar-refractivity contribution is -0.119. The average molecular weight is 565 g/mol. The maximum Gasteiger partial charge on any atom is 0.220 e. The van der Waals surface area contributed by atoms with Crippen molar-refractivity contribution < 1.29 is 28.5 Å². The van der Waals surface area contributed by atoms with E-state index in [-0.39, 0.29) is 35.5 Å². The summed E-state index contributed by atoms with van der Waals surface area (Å²) in [5.41, 5.74) is 3.79. The number of ether oxygens (including phenoxy) is 4. The van der Waals surface area contributed by atoms with Gasteiger partial charge >= 0.3 is 0 Å². The molecule has 2 aromatic carbocycles. The number of hydrogen-bond donors (Lipinski definition) is 1. The minimum atomic E-state index is -0.372. The first-order chi connectivity index (χ1) is 19.7. The Hall–Kier alpha value is -4.40. The van der Waals surface area contributed by atoms with Crippen molar-refractivity contribution in [3.8, 4) is 34.1 Å². The minimum absolute atomic E-state index is 0.167. The van der Waals surface area contributed by atoms with Crippen LogP contribution in [-0.2, 0) is 22.6 Å². The van der Waals surface area contributed by atoms with Crippen molar-refractivity contribution >= 4 is 11.7 Å². The molecule has 1 aliphatic rings. The van der Waals surface area contributed by atoms with Gasteiger partial charge in [-0.15, -0.1) is 0 Å². The van der Waals surface area contributed by atoms with E-state index < -0.39 is 0 Å². The Morgan fingerprint density at radius 2 is 1.63 bits per heavy atom. The van der Waals surface area contributed by atoms with E-state index in [1.165, 1.54) is 33.9 Å². The molecule has 3 aromatic rings. The molecule has 1 aliphatic carbocycles. The molecule has 41 heavy (non-hydrogen) atoms. The molecule has 9 nitrogen and oxygen atoms in total. The molecule has 1 amide bonds. The molecule has 0 bridgehead atoms. The quantitative estimate of drug-likeness (QED) is 0.403. The summed E-state index contributed by atoms with van der Waals surface area (Å²) in [6, 6.07) is 10.3. The normalized spacial score (nSPS) is 12.8. The number of ketones is 1. The number of Topliss-reactive ketones (excluding diaryl/α,β-unsaturated/α-hetero) is 1. The fraction of sp³-hybridized carbons (Fsp3) is 0.375. The van der Waals surface area contributed by atoms with Crippen LogP contribution in [0.4, 0.5) is 0 Å². The largest absolute Gasteiger partial charge is 0.493 e. The highest BCUT2D eigenvalue weighted by molar-refractivity contribution is 5.83. The van der Waals surface area contributed by atoms with Crippen LogP contribution in [0.25, 0.3) is 11.1 Å². The predicted octanol–water partition coefficient (Wildman–Crippen LogP) is 5.46. The zero-order valence-corrected chi connectivity index (χ0v) is 25.1. The van der Waals surface area contributed by atoms with Crippen molar-refractivity contribution in [1.29, 1.82) is 0 Å². The maximum atomic E-state index is 12.9. The van der Waals surface area contributed by atoms with Gasteiger partial charge in [0, 0.05) is 30.4 Å². The summed E-state index contributed by atoms with van der Waals surface area (Å²) < 4.78 is 23.0. The molecule has 1 unspecified atom stereocenters. The van der Waals surface area contributed by atoms with E-state index in [0.717, 1.165) is 22.3 Å². The van der Waals surface area contributed by atoms with Crippen LogP contribution in [0.15, 0.2) is 53.6 Å². The van der Waals surface area contributed by atoms with E-state index in [4.69, 9.17) is 18.9 Å². The molecular weight excluding hydrogens is 524 g/mol. The smallest absolute Gasteiger partial charge is 0.220 e. The summed E-state index contributed by atoms with van der Waals surface area (Å²) in [5, 5.41) is 3.00. The number of benzene rings is 1. The van der Waals surface area contributed by atoms with Crippen molar-refractivity contribution in [1.82, 2.24) is 10.3 Å². The molecular formula is C32H40N2O7. The summed E-state index contributed by atoms with van der Waals surface area (Å²) >= 11 is 0. The van der Waals surface area contributed by atoms with Gasteiger partial charge in [-0.05, 0) is 67.6 Å². The highest BCUT2D eigenvalue weighted by Gasteiger charge is 2.30. The number of nitrogens with one attached hydrogen (secondary N) is 1. The molecule has 4 rings (SSSR count). The number of carbonyl (C=O) groups is 2. The number of carbonyl (C=O) groups excluding carboxylic acids is 2. The first kappa shape index (κ1) is 32.8. The molecule has 0 spiro atoms. The van der Waals surface area contributed by atoms with E-state index >= 15 is 0 Å². The summed E-state index contributed by atoms with van der Waals surface area (Å²) in [5.74, 6) is 1.67. The van der Waals surface area contributed by atoms with Gasteiger partial charge in [0.05, 0.1) is 27.4 Å². The van der Waals surface area contributed by atoms with E-state index in [1.807, 2.05) is 38.1 Å². The first-order valence-electron chi connectivity index (χ1n) is 13.5. The van der Waals surface area contributed by atoms with E-state index in [2.05, 4.69) is 10.3 Å². The van der Waals surface area contributed by atoms with Crippen LogP contribution in [0.5, 0.6) is 23.0 Å². The van der Waals surface area contributed by atoms with Gasteiger partial charge in [0.2, 0.25) is 17.1 Å². The second-order valence-electron chi connectivity index (χ2n) is 9.10. The molecule has 0 saturated carbocycles. The minimum Gasteiger partial charge on any atom is -0.493 e. The van der Waals surface area contributed by atoms with Gasteiger partial charge in [-0.3, -0.25) is 14.6 Å². The number of hydrogen-bond acceptors (Lipinski definition) is 8. The van der Waals surface area contributed by atoms with Crippen LogP contribution < -0.4 is 29.7 Å². The topological polar surface area (TPSA) is 113 Å². The van der Waals surface area contributed by atoms with Crippen molar-refractivity contribution in [2.45, 2.75) is 60.1 Å². The Bertz CT molecular complexity index is 1390. The lowest BCUT2D eigenvalue weighted by Gasteiger charge is -2.21. The lowest BCUT2D eigenvalue weighted by atomic mass is 9.95. The van der Waals surface area contributed by atoms with Crippen LogP contribution in [-0.4, -0.2) is 38.0 Å². The molecule has 9 heteroatoms. The zero-order valence-electron chi connectivity index (χ0n) is 25.1. The van der Waals surface area contributed by atoms with Crippen molar-refractivity contribution in [3.05, 3.63) is 75.7 Å². The van der Waals surface area contributed by atoms with Crippen LogP contribution >= 0.6 is 0 Å². The van der Waals surface area contributed by atoms with E-state index in [9.17, 15) is 14.4 Å². The number of pyridine rings is 1. The van der Waals surface area contributed by atoms with E-state index in [1.54, 1.807) is 32.7 Å². The van der Waals surface area contributed by atoms with Gasteiger partial charge < -0.3 is 29.1 Å². The maximum absolute atomic E-state index is 12.9. The van der Waals surface area contributed by atoms with Crippen molar-refractivity contribution in [2.75, 3.05) is 21.3 Å². The third-order valence-electron chi connectivity index (χ3n) is 6.00. The summed E-state index contributed by atoms with van der Waals surface area (Å²) in [7, 11) is 4.59. The van der Waals surface area contributed by atoms with Crippen LogP contribution in [0.1, 0.15) is 63.8 Å². The molecule has 1 heterocycles. The third kappa shape index (κ3) is 8.54. The molecule has 1 aromatic heterocycles. The van der Waals surface area contributed by atoms with Crippen LogP contribution in [0.2, 0.25) is 0 Å². The standard InChI is InChI=1S/C27H28N2O6.C3H6O.C2H6/c1-16(30)29-21-9-7-18-12-24(33-3)26(34-4)27(35-15-17-6-5-11-28-14-17)25(18)19-8-10-23(32-2)22(31)13-20(19)21;1-3(2)4;1-2/h5-6,8,10-14,21H,7,9,15H2,1-4H3,(H,29,30);1-2H3;1-2H3. The van der Waals surface area contributed by atoms with Crippen LogP contribution in [0.3, 0.4) is 0 Å². The molecule has 0 fully saturated rings. The monoisotopic (exact) mass is 564 g/mol. The van der Waals surface area contributed by atoms with Gasteiger partial charge in [0.1, 0.15) is 12.4 Å². The number of aryl methyl sites for hydroxylation is 1. The molecule has 0 saturated heterocycles. The highest BCUT2D eigenvalue weighted by Crippen LogP contribution is 2.50. The summed E-state index contributed by atoms with van der Waals surface area (Å²) in [6.45, 7) is 8.77. The molecule has 0 aliphatic heterocycles. The van der Waals surface area contributed by atoms with Gasteiger partial charge in [0.25, 0.3) is 0 Å². The second-order valence-corrected chi connectivity index (χ2v) is 9.10. The molecule has 1 atom stereocenters. The van der Waals surface area contributed by atoms with Crippen molar-refractivity contribution in [2.24, 2.45) is 0 Å². The number of amides is 1. The van der Waals surface area contributed by atoms with Crippen LogP contribution in [0, 0.1) is 0 Å². The Balaban J connectivity index is 0.000000902. The highest BCUT2D eigenvalue weighted by atomic mass is 16.5. The fourth-order valence-electron chi connectivity index (χ4n) is 4.44. The zero-order chi connectivity index (χ0) is 30.5. The summed E-state index contributed by atoms with van der Waals surface area (Å²) in [6.07, 6.45) is 4.64. The number of nitrogens with zero attached hydrogens (tertiary/aromatic N) is 1. The van der Waals surface area contributed by atoms with Gasteiger partial charge in [-0.1, -0.05) is 26.0 Å². The van der Waals surface area contributed by atoms with Gasteiger partial charge in [-0.25, -0.2) is 0 Å². The summed E-state index contributed by atoms with van der Waals surface area (Å²) in [4.78, 5) is 38.5. The SMILES string of the molecule is CC.CC(C)=O.COc1cc2c(c(OCc3cccnc3)c1OC)-c1ccc(OC)c(=O)cc1C(NC(C)=O)CC2. The Morgan fingerprint density at radius 3 is 2.20 bits per heavy atom. The predicted molar refractivity (Wildman–Crippen MR) is 159 cm³/mol. The first-order valence-corrected chi connectivity index (χ1v) is 13.5. The Labute approximate surface area is 241 Å².